The molecule has 0 unspecified atom stereocenters. The molecule has 1 aliphatic carbocycles. The molecule has 0 bridgehead atoms. The summed E-state index contributed by atoms with van der Waals surface area (Å²) >= 11 is 3.31. The summed E-state index contributed by atoms with van der Waals surface area (Å²) in [5, 5.41) is 9.19. The first-order valence-corrected chi connectivity index (χ1v) is 8.54. The van der Waals surface area contributed by atoms with Gasteiger partial charge in [0.1, 0.15) is 0 Å². The molecule has 0 saturated heterocycles. The summed E-state index contributed by atoms with van der Waals surface area (Å²) < 4.78 is 27.6. The fraction of sp³-hybridized carbons (Fsp3) is 0.462. The Kier molecular flexibility index (Phi) is 4.22. The van der Waals surface area contributed by atoms with Crippen molar-refractivity contribution >= 4 is 31.9 Å². The predicted octanol–water partition coefficient (Wildman–Crippen LogP) is 2.29. The minimum atomic E-state index is -3.68. The van der Waals surface area contributed by atoms with Crippen LogP contribution in [0.4, 0.5) is 0 Å². The molecule has 2 N–H and O–H groups in total. The summed E-state index contributed by atoms with van der Waals surface area (Å²) in [5.41, 5.74) is -0.123. The van der Waals surface area contributed by atoms with Gasteiger partial charge in [0.25, 0.3) is 0 Å². The van der Waals surface area contributed by atoms with Gasteiger partial charge in [0.2, 0.25) is 10.0 Å². The van der Waals surface area contributed by atoms with Gasteiger partial charge in [-0.25, -0.2) is 13.1 Å². The van der Waals surface area contributed by atoms with Crippen LogP contribution < -0.4 is 4.72 Å². The van der Waals surface area contributed by atoms with Crippen LogP contribution in [0.15, 0.2) is 27.6 Å². The number of carboxylic acids is 1. The standard InChI is InChI=1S/C13H16BrNO4S/c1-9-7-10(3-4-11(9)14)20(18,19)15-8-13(12(16)17)5-2-6-13/h3-4,7,15H,2,5-6,8H2,1H3,(H,16,17). The third-order valence-electron chi connectivity index (χ3n) is 3.80. The number of carboxylic acid groups (broad SMARTS) is 1. The van der Waals surface area contributed by atoms with Gasteiger partial charge < -0.3 is 5.11 Å². The Labute approximate surface area is 126 Å². The molecule has 0 aromatic heterocycles. The van der Waals surface area contributed by atoms with Gasteiger partial charge in [-0.05, 0) is 43.5 Å². The van der Waals surface area contributed by atoms with Crippen LogP contribution >= 0.6 is 15.9 Å². The molecule has 1 saturated carbocycles. The van der Waals surface area contributed by atoms with Crippen molar-refractivity contribution in [2.45, 2.75) is 31.1 Å². The lowest BCUT2D eigenvalue weighted by atomic mass is 9.69. The van der Waals surface area contributed by atoms with E-state index in [0.717, 1.165) is 16.5 Å². The fourth-order valence-corrected chi connectivity index (χ4v) is 3.63. The van der Waals surface area contributed by atoms with Crippen LogP contribution in [0.5, 0.6) is 0 Å². The highest BCUT2D eigenvalue weighted by atomic mass is 79.9. The Morgan fingerprint density at radius 1 is 1.45 bits per heavy atom. The molecule has 7 heteroatoms. The second kappa shape index (κ2) is 5.46. The third-order valence-corrected chi connectivity index (χ3v) is 6.09. The Hall–Kier alpha value is -0.920. The number of aryl methyl sites for hydroxylation is 1. The lowest BCUT2D eigenvalue weighted by Gasteiger charge is -2.37. The first-order valence-electron chi connectivity index (χ1n) is 6.26. The van der Waals surface area contributed by atoms with E-state index in [4.69, 9.17) is 0 Å². The third kappa shape index (κ3) is 2.89. The van der Waals surface area contributed by atoms with E-state index in [1.807, 2.05) is 0 Å². The first-order chi connectivity index (χ1) is 9.27. The number of hydrogen-bond acceptors (Lipinski definition) is 3. The van der Waals surface area contributed by atoms with Crippen molar-refractivity contribution in [2.75, 3.05) is 6.54 Å². The maximum Gasteiger partial charge on any atom is 0.310 e. The number of benzene rings is 1. The van der Waals surface area contributed by atoms with Crippen LogP contribution in [0.2, 0.25) is 0 Å². The summed E-state index contributed by atoms with van der Waals surface area (Å²) in [6, 6.07) is 4.72. The number of aliphatic carboxylic acids is 1. The number of sulfonamides is 1. The molecular weight excluding hydrogens is 346 g/mol. The molecule has 5 nitrogen and oxygen atoms in total. The largest absolute Gasteiger partial charge is 0.481 e. The summed E-state index contributed by atoms with van der Waals surface area (Å²) in [6.07, 6.45) is 1.86. The SMILES string of the molecule is Cc1cc(S(=O)(=O)NCC2(C(=O)O)CCC2)ccc1Br. The zero-order chi connectivity index (χ0) is 15.0. The highest BCUT2D eigenvalue weighted by molar-refractivity contribution is 9.10. The molecule has 0 amide bonds. The van der Waals surface area contributed by atoms with Gasteiger partial charge >= 0.3 is 5.97 Å². The average Bonchev–Trinajstić information content (AvgIpc) is 2.30. The van der Waals surface area contributed by atoms with E-state index in [1.165, 1.54) is 6.07 Å². The number of rotatable bonds is 5. The molecule has 110 valence electrons. The van der Waals surface area contributed by atoms with Gasteiger partial charge in [0.05, 0.1) is 10.3 Å². The molecule has 0 spiro atoms. The van der Waals surface area contributed by atoms with E-state index in [1.54, 1.807) is 19.1 Å². The van der Waals surface area contributed by atoms with E-state index in [0.29, 0.717) is 12.8 Å². The minimum Gasteiger partial charge on any atom is -0.481 e. The zero-order valence-corrected chi connectivity index (χ0v) is 13.4. The van der Waals surface area contributed by atoms with Crippen molar-refractivity contribution in [1.29, 1.82) is 0 Å². The van der Waals surface area contributed by atoms with Crippen molar-refractivity contribution in [1.82, 2.24) is 4.72 Å². The van der Waals surface area contributed by atoms with Crippen LogP contribution in [-0.4, -0.2) is 26.0 Å². The molecule has 1 fully saturated rings. The maximum atomic E-state index is 12.2. The topological polar surface area (TPSA) is 83.5 Å². The van der Waals surface area contributed by atoms with E-state index in [-0.39, 0.29) is 11.4 Å². The average molecular weight is 362 g/mol. The molecule has 1 aromatic carbocycles. The Morgan fingerprint density at radius 3 is 2.55 bits per heavy atom. The van der Waals surface area contributed by atoms with Crippen LogP contribution in [0.3, 0.4) is 0 Å². The second-order valence-corrected chi connectivity index (χ2v) is 7.80. The number of carbonyl (C=O) groups is 1. The first kappa shape index (κ1) is 15.5. The Morgan fingerprint density at radius 2 is 2.10 bits per heavy atom. The van der Waals surface area contributed by atoms with Crippen LogP contribution in [-0.2, 0) is 14.8 Å². The normalized spacial score (nSPS) is 17.5. The zero-order valence-electron chi connectivity index (χ0n) is 11.0. The van der Waals surface area contributed by atoms with Gasteiger partial charge in [-0.1, -0.05) is 22.4 Å². The summed E-state index contributed by atoms with van der Waals surface area (Å²) in [7, 11) is -3.68. The highest BCUT2D eigenvalue weighted by Gasteiger charge is 2.44. The Bertz CT molecular complexity index is 638. The predicted molar refractivity (Wildman–Crippen MR) is 78.0 cm³/mol. The van der Waals surface area contributed by atoms with E-state index < -0.39 is 21.4 Å². The van der Waals surface area contributed by atoms with Crippen molar-refractivity contribution < 1.29 is 18.3 Å². The van der Waals surface area contributed by atoms with Crippen molar-refractivity contribution in [3.05, 3.63) is 28.2 Å². The fourth-order valence-electron chi connectivity index (χ4n) is 2.17. The van der Waals surface area contributed by atoms with Gasteiger partial charge in [0.15, 0.2) is 0 Å². The molecule has 0 radical (unpaired) electrons. The van der Waals surface area contributed by atoms with Crippen LogP contribution in [0, 0.1) is 12.3 Å². The van der Waals surface area contributed by atoms with Gasteiger partial charge in [-0.2, -0.15) is 0 Å². The lowest BCUT2D eigenvalue weighted by Crippen LogP contribution is -2.47. The lowest BCUT2D eigenvalue weighted by molar-refractivity contribution is -0.153. The van der Waals surface area contributed by atoms with Crippen LogP contribution in [0.1, 0.15) is 24.8 Å². The molecule has 0 aliphatic heterocycles. The quantitative estimate of drug-likeness (QED) is 0.842. The molecule has 2 rings (SSSR count). The van der Waals surface area contributed by atoms with Crippen molar-refractivity contribution in [2.24, 2.45) is 5.41 Å². The maximum absolute atomic E-state index is 12.2. The smallest absolute Gasteiger partial charge is 0.310 e. The number of nitrogens with one attached hydrogen (secondary N) is 1. The molecule has 20 heavy (non-hydrogen) atoms. The molecule has 1 aromatic rings. The van der Waals surface area contributed by atoms with Gasteiger partial charge in [-0.3, -0.25) is 4.79 Å². The molecule has 1 aliphatic rings. The summed E-state index contributed by atoms with van der Waals surface area (Å²) in [5.74, 6) is -0.932. The second-order valence-electron chi connectivity index (χ2n) is 5.17. The minimum absolute atomic E-state index is 0.0558. The molecule has 0 heterocycles. The highest BCUT2D eigenvalue weighted by Crippen LogP contribution is 2.40. The van der Waals surface area contributed by atoms with Crippen molar-refractivity contribution in [3.8, 4) is 0 Å². The monoisotopic (exact) mass is 361 g/mol. The van der Waals surface area contributed by atoms with E-state index in [9.17, 15) is 18.3 Å². The summed E-state index contributed by atoms with van der Waals surface area (Å²) in [6.45, 7) is 1.74. The Balaban J connectivity index is 2.15. The van der Waals surface area contributed by atoms with E-state index in [2.05, 4.69) is 20.7 Å². The van der Waals surface area contributed by atoms with Gasteiger partial charge in [0, 0.05) is 11.0 Å². The van der Waals surface area contributed by atoms with Gasteiger partial charge in [-0.15, -0.1) is 0 Å². The van der Waals surface area contributed by atoms with Crippen LogP contribution in [0.25, 0.3) is 0 Å². The molecular formula is C13H16BrNO4S. The number of halogens is 1. The van der Waals surface area contributed by atoms with E-state index >= 15 is 0 Å². The summed E-state index contributed by atoms with van der Waals surface area (Å²) in [4.78, 5) is 11.4. The number of hydrogen-bond donors (Lipinski definition) is 2. The molecule has 0 atom stereocenters. The van der Waals surface area contributed by atoms with Crippen molar-refractivity contribution in [3.63, 3.8) is 0 Å².